The summed E-state index contributed by atoms with van der Waals surface area (Å²) in [5, 5.41) is 5.64. The average Bonchev–Trinajstić information content (AvgIpc) is 3.41. The Labute approximate surface area is 180 Å². The Bertz CT molecular complexity index is 1090. The van der Waals surface area contributed by atoms with E-state index in [0.717, 1.165) is 29.0 Å². The summed E-state index contributed by atoms with van der Waals surface area (Å²) in [6, 6.07) is 13.9. The van der Waals surface area contributed by atoms with Crippen molar-refractivity contribution in [2.45, 2.75) is 32.9 Å². The second kappa shape index (κ2) is 8.95. The molecule has 2 amide bonds. The molecule has 7 nitrogen and oxygen atoms in total. The minimum absolute atomic E-state index is 0.124. The van der Waals surface area contributed by atoms with Gasteiger partial charge in [-0.05, 0) is 50.2 Å². The van der Waals surface area contributed by atoms with Crippen molar-refractivity contribution < 1.29 is 23.5 Å². The lowest BCUT2D eigenvalue weighted by atomic mass is 10.1. The molecule has 4 rings (SSSR count). The molecule has 2 heterocycles. The van der Waals surface area contributed by atoms with Gasteiger partial charge in [-0.3, -0.25) is 9.59 Å². The smallest absolute Gasteiger partial charge is 0.291 e. The minimum atomic E-state index is -0.422. The lowest BCUT2D eigenvalue weighted by molar-refractivity contribution is 0.0951. The highest BCUT2D eigenvalue weighted by molar-refractivity contribution is 6.07. The quantitative estimate of drug-likeness (QED) is 0.598. The second-order valence-electron chi connectivity index (χ2n) is 7.29. The van der Waals surface area contributed by atoms with E-state index in [1.807, 2.05) is 26.0 Å². The molecule has 0 saturated heterocycles. The van der Waals surface area contributed by atoms with Crippen LogP contribution in [0.2, 0.25) is 0 Å². The molecule has 2 aromatic carbocycles. The number of rotatable bonds is 7. The second-order valence-corrected chi connectivity index (χ2v) is 7.29. The Morgan fingerprint density at radius 2 is 1.97 bits per heavy atom. The van der Waals surface area contributed by atoms with E-state index in [2.05, 4.69) is 10.6 Å². The highest BCUT2D eigenvalue weighted by Gasteiger charge is 2.22. The Balaban J connectivity index is 1.50. The number of benzene rings is 2. The van der Waals surface area contributed by atoms with Gasteiger partial charge in [0.25, 0.3) is 11.8 Å². The summed E-state index contributed by atoms with van der Waals surface area (Å²) >= 11 is 0. The zero-order valence-electron chi connectivity index (χ0n) is 17.4. The Morgan fingerprint density at radius 1 is 1.13 bits per heavy atom. The predicted octanol–water partition coefficient (Wildman–Crippen LogP) is 4.18. The molecule has 2 N–H and O–H groups in total. The number of nitrogens with one attached hydrogen (secondary N) is 2. The fourth-order valence-electron chi connectivity index (χ4n) is 3.56. The molecule has 3 aromatic rings. The largest absolute Gasteiger partial charge is 0.494 e. The van der Waals surface area contributed by atoms with Crippen LogP contribution in [0.4, 0.5) is 5.69 Å². The third kappa shape index (κ3) is 4.55. The number of amides is 2. The third-order valence-corrected chi connectivity index (χ3v) is 4.98. The van der Waals surface area contributed by atoms with Crippen molar-refractivity contribution in [3.63, 3.8) is 0 Å². The summed E-state index contributed by atoms with van der Waals surface area (Å²) in [4.78, 5) is 25.2. The summed E-state index contributed by atoms with van der Waals surface area (Å²) < 4.78 is 16.7. The van der Waals surface area contributed by atoms with E-state index in [-0.39, 0.29) is 24.3 Å². The molecule has 0 saturated carbocycles. The van der Waals surface area contributed by atoms with Gasteiger partial charge in [0.1, 0.15) is 17.6 Å². The van der Waals surface area contributed by atoms with Gasteiger partial charge in [0.05, 0.1) is 24.1 Å². The normalized spacial score (nSPS) is 14.5. The number of carbonyl (C=O) groups excluding carboxylic acids is 2. The monoisotopic (exact) mass is 420 g/mol. The molecule has 160 valence electrons. The van der Waals surface area contributed by atoms with Crippen molar-refractivity contribution in [3.8, 4) is 11.5 Å². The van der Waals surface area contributed by atoms with E-state index in [9.17, 15) is 9.59 Å². The number of ether oxygens (including phenoxy) is 2. The van der Waals surface area contributed by atoms with E-state index in [0.29, 0.717) is 17.9 Å². The molecule has 0 radical (unpaired) electrons. The molecular weight excluding hydrogens is 396 g/mol. The number of hydrogen-bond acceptors (Lipinski definition) is 5. The molecule has 1 atom stereocenters. The first kappa shape index (κ1) is 20.5. The molecule has 1 aromatic heterocycles. The van der Waals surface area contributed by atoms with Crippen LogP contribution in [-0.4, -0.2) is 24.5 Å². The van der Waals surface area contributed by atoms with E-state index in [1.54, 1.807) is 36.4 Å². The van der Waals surface area contributed by atoms with E-state index < -0.39 is 5.91 Å². The SMILES string of the molecule is CCOc1cc2c(cc1CNC(=O)c1ccccc1NC(=O)c1ccco1)O[C@@H](C)C2. The number of carbonyl (C=O) groups is 2. The molecule has 1 aliphatic rings. The van der Waals surface area contributed by atoms with Crippen LogP contribution in [0.15, 0.2) is 59.2 Å². The van der Waals surface area contributed by atoms with Gasteiger partial charge in [0.15, 0.2) is 5.76 Å². The first-order valence-corrected chi connectivity index (χ1v) is 10.2. The molecule has 0 spiro atoms. The summed E-state index contributed by atoms with van der Waals surface area (Å²) in [5.74, 6) is 0.996. The highest BCUT2D eigenvalue weighted by atomic mass is 16.5. The Hall–Kier alpha value is -3.74. The van der Waals surface area contributed by atoms with Gasteiger partial charge in [0, 0.05) is 24.1 Å². The number of furan rings is 1. The van der Waals surface area contributed by atoms with Gasteiger partial charge in [-0.1, -0.05) is 12.1 Å². The maximum absolute atomic E-state index is 12.9. The molecule has 0 bridgehead atoms. The Kier molecular flexibility index (Phi) is 5.93. The van der Waals surface area contributed by atoms with Crippen LogP contribution >= 0.6 is 0 Å². The van der Waals surface area contributed by atoms with E-state index in [4.69, 9.17) is 13.9 Å². The third-order valence-electron chi connectivity index (χ3n) is 4.98. The zero-order chi connectivity index (χ0) is 21.8. The van der Waals surface area contributed by atoms with Gasteiger partial charge >= 0.3 is 0 Å². The molecule has 31 heavy (non-hydrogen) atoms. The number of para-hydroxylation sites is 1. The summed E-state index contributed by atoms with van der Waals surface area (Å²) in [6.07, 6.45) is 2.38. The highest BCUT2D eigenvalue weighted by Crippen LogP contribution is 2.35. The number of fused-ring (bicyclic) bond motifs is 1. The fourth-order valence-corrected chi connectivity index (χ4v) is 3.56. The van der Waals surface area contributed by atoms with Crippen molar-refractivity contribution in [2.24, 2.45) is 0 Å². The van der Waals surface area contributed by atoms with Gasteiger partial charge < -0.3 is 24.5 Å². The fraction of sp³-hybridized carbons (Fsp3) is 0.250. The van der Waals surface area contributed by atoms with Gasteiger partial charge in [0.2, 0.25) is 0 Å². The maximum Gasteiger partial charge on any atom is 0.291 e. The summed E-state index contributed by atoms with van der Waals surface area (Å²) in [7, 11) is 0. The van der Waals surface area contributed by atoms with Crippen molar-refractivity contribution in [1.82, 2.24) is 5.32 Å². The van der Waals surface area contributed by atoms with Crippen LogP contribution in [0, 0.1) is 0 Å². The first-order chi connectivity index (χ1) is 15.0. The number of hydrogen-bond donors (Lipinski definition) is 2. The van der Waals surface area contributed by atoms with Crippen molar-refractivity contribution in [2.75, 3.05) is 11.9 Å². The number of anilines is 1. The van der Waals surface area contributed by atoms with Crippen LogP contribution < -0.4 is 20.1 Å². The van der Waals surface area contributed by atoms with Crippen LogP contribution in [0.3, 0.4) is 0 Å². The lowest BCUT2D eigenvalue weighted by Gasteiger charge is -2.14. The zero-order valence-corrected chi connectivity index (χ0v) is 17.4. The molecular formula is C24H24N2O5. The van der Waals surface area contributed by atoms with Crippen molar-refractivity contribution in [3.05, 3.63) is 77.2 Å². The molecule has 7 heteroatoms. The standard InChI is InChI=1S/C24H24N2O5/c1-3-29-21-12-16-11-15(2)31-22(16)13-17(21)14-25-23(27)18-7-4-5-8-19(18)26-24(28)20-9-6-10-30-20/h4-10,12-13,15H,3,11,14H2,1-2H3,(H,25,27)(H,26,28)/t15-/m0/s1. The van der Waals surface area contributed by atoms with E-state index >= 15 is 0 Å². The topological polar surface area (TPSA) is 89.8 Å². The molecule has 0 fully saturated rings. The van der Waals surface area contributed by atoms with Crippen LogP contribution in [0.1, 0.15) is 45.9 Å². The van der Waals surface area contributed by atoms with Crippen LogP contribution in [0.5, 0.6) is 11.5 Å². The summed E-state index contributed by atoms with van der Waals surface area (Å²) in [6.45, 7) is 4.74. The van der Waals surface area contributed by atoms with Crippen molar-refractivity contribution >= 4 is 17.5 Å². The Morgan fingerprint density at radius 3 is 2.74 bits per heavy atom. The minimum Gasteiger partial charge on any atom is -0.494 e. The molecule has 0 aliphatic carbocycles. The van der Waals surface area contributed by atoms with E-state index in [1.165, 1.54) is 6.26 Å². The predicted molar refractivity (Wildman–Crippen MR) is 116 cm³/mol. The van der Waals surface area contributed by atoms with Gasteiger partial charge in [-0.2, -0.15) is 0 Å². The molecule has 0 unspecified atom stereocenters. The first-order valence-electron chi connectivity index (χ1n) is 10.2. The van der Waals surface area contributed by atoms with Gasteiger partial charge in [-0.25, -0.2) is 0 Å². The summed E-state index contributed by atoms with van der Waals surface area (Å²) in [5.41, 5.74) is 2.70. The van der Waals surface area contributed by atoms with Crippen LogP contribution in [-0.2, 0) is 13.0 Å². The maximum atomic E-state index is 12.9. The molecule has 1 aliphatic heterocycles. The van der Waals surface area contributed by atoms with Crippen molar-refractivity contribution in [1.29, 1.82) is 0 Å². The average molecular weight is 420 g/mol. The lowest BCUT2D eigenvalue weighted by Crippen LogP contribution is -2.25. The van der Waals surface area contributed by atoms with Crippen LogP contribution in [0.25, 0.3) is 0 Å². The van der Waals surface area contributed by atoms with Gasteiger partial charge in [-0.15, -0.1) is 0 Å².